The van der Waals surface area contributed by atoms with E-state index in [1.165, 1.54) is 16.4 Å². The average molecular weight is 435 g/mol. The molecule has 1 N–H and O–H groups in total. The molecule has 1 fully saturated rings. The molecule has 8 heteroatoms. The fraction of sp³-hybridized carbons (Fsp3) is 0.409. The Bertz CT molecular complexity index is 1000. The molecule has 1 heterocycles. The highest BCUT2D eigenvalue weighted by Crippen LogP contribution is 2.25. The lowest BCUT2D eigenvalue weighted by Gasteiger charge is -2.30. The van der Waals surface area contributed by atoms with E-state index in [1.807, 2.05) is 19.9 Å². The molecule has 1 aliphatic rings. The Morgan fingerprint density at radius 1 is 1.13 bits per heavy atom. The number of rotatable bonds is 7. The van der Waals surface area contributed by atoms with Crippen molar-refractivity contribution in [2.45, 2.75) is 31.6 Å². The quantitative estimate of drug-likeness (QED) is 0.680. The topological polar surface area (TPSA) is 75.7 Å². The van der Waals surface area contributed by atoms with Crippen LogP contribution < -0.4 is 10.1 Å². The molecule has 0 saturated carbocycles. The summed E-state index contributed by atoms with van der Waals surface area (Å²) in [5, 5.41) is 2.81. The maximum Gasteiger partial charge on any atom is 0.243 e. The van der Waals surface area contributed by atoms with Gasteiger partial charge in [-0.05, 0) is 62.1 Å². The van der Waals surface area contributed by atoms with Gasteiger partial charge in [-0.3, -0.25) is 4.79 Å². The van der Waals surface area contributed by atoms with Crippen LogP contribution in [0, 0.1) is 25.6 Å². The summed E-state index contributed by atoms with van der Waals surface area (Å²) in [6.07, 6.45) is 0.946. The molecule has 0 radical (unpaired) electrons. The predicted octanol–water partition coefficient (Wildman–Crippen LogP) is 3.04. The second-order valence-electron chi connectivity index (χ2n) is 7.52. The van der Waals surface area contributed by atoms with Crippen molar-refractivity contribution in [3.8, 4) is 5.75 Å². The fourth-order valence-electron chi connectivity index (χ4n) is 3.43. The van der Waals surface area contributed by atoms with Crippen LogP contribution in [0.5, 0.6) is 5.75 Å². The minimum absolute atomic E-state index is 0.110. The summed E-state index contributed by atoms with van der Waals surface area (Å²) in [7, 11) is -3.55. The molecular weight excluding hydrogens is 407 g/mol. The number of nitrogens with one attached hydrogen (secondary N) is 1. The molecular formula is C22H27FN2O4S. The second kappa shape index (κ2) is 9.57. The molecule has 2 aromatic carbocycles. The van der Waals surface area contributed by atoms with E-state index >= 15 is 0 Å². The highest BCUT2D eigenvalue weighted by molar-refractivity contribution is 7.89. The van der Waals surface area contributed by atoms with Crippen molar-refractivity contribution in [1.82, 2.24) is 9.62 Å². The summed E-state index contributed by atoms with van der Waals surface area (Å²) in [6, 6.07) is 11.0. The normalized spacial score (nSPS) is 15.7. The molecule has 0 aliphatic carbocycles. The first-order valence-electron chi connectivity index (χ1n) is 10.0. The molecule has 1 amide bonds. The van der Waals surface area contributed by atoms with Crippen LogP contribution in [0.4, 0.5) is 4.39 Å². The lowest BCUT2D eigenvalue weighted by molar-refractivity contribution is -0.126. The van der Waals surface area contributed by atoms with Crippen molar-refractivity contribution in [1.29, 1.82) is 0 Å². The van der Waals surface area contributed by atoms with Crippen molar-refractivity contribution in [2.24, 2.45) is 5.92 Å². The Hall–Kier alpha value is -2.45. The van der Waals surface area contributed by atoms with Crippen LogP contribution in [-0.4, -0.2) is 44.9 Å². The number of piperidine rings is 1. The number of hydrogen-bond acceptors (Lipinski definition) is 4. The van der Waals surface area contributed by atoms with Crippen LogP contribution in [0.25, 0.3) is 0 Å². The van der Waals surface area contributed by atoms with E-state index < -0.39 is 10.0 Å². The van der Waals surface area contributed by atoms with Gasteiger partial charge in [0.05, 0.1) is 11.4 Å². The van der Waals surface area contributed by atoms with E-state index in [9.17, 15) is 17.6 Å². The monoisotopic (exact) mass is 434 g/mol. The zero-order valence-electron chi connectivity index (χ0n) is 17.2. The summed E-state index contributed by atoms with van der Waals surface area (Å²) >= 11 is 0. The van der Waals surface area contributed by atoms with Crippen molar-refractivity contribution in [3.05, 3.63) is 59.4 Å². The molecule has 1 aliphatic heterocycles. The molecule has 0 aromatic heterocycles. The molecule has 30 heavy (non-hydrogen) atoms. The van der Waals surface area contributed by atoms with Gasteiger partial charge in [-0.2, -0.15) is 4.31 Å². The summed E-state index contributed by atoms with van der Waals surface area (Å²) in [5.74, 6) is -0.306. The molecule has 162 valence electrons. The van der Waals surface area contributed by atoms with E-state index in [4.69, 9.17) is 4.74 Å². The minimum atomic E-state index is -3.55. The number of aryl methyl sites for hydroxylation is 2. The molecule has 0 spiro atoms. The summed E-state index contributed by atoms with van der Waals surface area (Å²) in [5.41, 5.74) is 1.98. The highest BCUT2D eigenvalue weighted by Gasteiger charge is 2.32. The van der Waals surface area contributed by atoms with Crippen molar-refractivity contribution in [2.75, 3.05) is 26.2 Å². The number of nitrogens with zero attached hydrogens (tertiary/aromatic N) is 1. The zero-order chi connectivity index (χ0) is 21.7. The SMILES string of the molecule is Cc1ccc(S(=O)(=O)N2CCC(C(=O)NCCOc3cccc(F)c3)CC2)cc1C. The summed E-state index contributed by atoms with van der Waals surface area (Å²) in [6.45, 7) is 4.99. The first-order valence-corrected chi connectivity index (χ1v) is 11.4. The summed E-state index contributed by atoms with van der Waals surface area (Å²) < 4.78 is 45.7. The van der Waals surface area contributed by atoms with Crippen LogP contribution in [-0.2, 0) is 14.8 Å². The van der Waals surface area contributed by atoms with Crippen LogP contribution >= 0.6 is 0 Å². The van der Waals surface area contributed by atoms with Gasteiger partial charge in [0.15, 0.2) is 0 Å². The maximum absolute atomic E-state index is 13.1. The maximum atomic E-state index is 13.1. The smallest absolute Gasteiger partial charge is 0.243 e. The first kappa shape index (κ1) is 22.2. The summed E-state index contributed by atoms with van der Waals surface area (Å²) in [4.78, 5) is 12.7. The van der Waals surface area contributed by atoms with Crippen molar-refractivity contribution in [3.63, 3.8) is 0 Å². The molecule has 6 nitrogen and oxygen atoms in total. The zero-order valence-corrected chi connectivity index (χ0v) is 18.0. The third-order valence-electron chi connectivity index (χ3n) is 5.41. The van der Waals surface area contributed by atoms with Gasteiger partial charge >= 0.3 is 0 Å². The lowest BCUT2D eigenvalue weighted by Crippen LogP contribution is -2.43. The van der Waals surface area contributed by atoms with Gasteiger partial charge in [-0.1, -0.05) is 12.1 Å². The molecule has 3 rings (SSSR count). The number of amides is 1. The predicted molar refractivity (Wildman–Crippen MR) is 112 cm³/mol. The van der Waals surface area contributed by atoms with Gasteiger partial charge < -0.3 is 10.1 Å². The molecule has 0 bridgehead atoms. The van der Waals surface area contributed by atoms with Crippen LogP contribution in [0.1, 0.15) is 24.0 Å². The van der Waals surface area contributed by atoms with E-state index in [0.717, 1.165) is 11.1 Å². The Balaban J connectivity index is 1.46. The Morgan fingerprint density at radius 3 is 2.53 bits per heavy atom. The Kier molecular flexibility index (Phi) is 7.10. The second-order valence-corrected chi connectivity index (χ2v) is 9.46. The van der Waals surface area contributed by atoms with Gasteiger partial charge in [0.1, 0.15) is 18.2 Å². The minimum Gasteiger partial charge on any atom is -0.492 e. The van der Waals surface area contributed by atoms with Crippen molar-refractivity contribution < 1.29 is 22.3 Å². The van der Waals surface area contributed by atoms with E-state index in [-0.39, 0.29) is 24.2 Å². The van der Waals surface area contributed by atoms with Gasteiger partial charge in [-0.15, -0.1) is 0 Å². The van der Waals surface area contributed by atoms with Gasteiger partial charge in [0.2, 0.25) is 15.9 Å². The number of carbonyl (C=O) groups excluding carboxylic acids is 1. The molecule has 0 atom stereocenters. The average Bonchev–Trinajstić information content (AvgIpc) is 2.73. The number of sulfonamides is 1. The number of halogens is 1. The van der Waals surface area contributed by atoms with Gasteiger partial charge in [-0.25, -0.2) is 12.8 Å². The molecule has 2 aromatic rings. The molecule has 1 saturated heterocycles. The number of ether oxygens (including phenoxy) is 1. The Morgan fingerprint density at radius 2 is 1.87 bits per heavy atom. The lowest BCUT2D eigenvalue weighted by atomic mass is 9.97. The Labute approximate surface area is 177 Å². The fourth-order valence-corrected chi connectivity index (χ4v) is 4.98. The third-order valence-corrected chi connectivity index (χ3v) is 7.30. The number of benzene rings is 2. The van der Waals surface area contributed by atoms with Crippen LogP contribution in [0.3, 0.4) is 0 Å². The van der Waals surface area contributed by atoms with Crippen molar-refractivity contribution >= 4 is 15.9 Å². The van der Waals surface area contributed by atoms with E-state index in [2.05, 4.69) is 5.32 Å². The highest BCUT2D eigenvalue weighted by atomic mass is 32.2. The number of hydrogen-bond donors (Lipinski definition) is 1. The standard InChI is InChI=1S/C22H27FN2O4S/c1-16-6-7-21(14-17(16)2)30(27,28)25-11-8-18(9-12-25)22(26)24-10-13-29-20-5-3-4-19(23)15-20/h3-7,14-15,18H,8-13H2,1-2H3,(H,24,26). The third kappa shape index (κ3) is 5.37. The van der Waals surface area contributed by atoms with E-state index in [1.54, 1.807) is 24.3 Å². The largest absolute Gasteiger partial charge is 0.492 e. The van der Waals surface area contributed by atoms with Crippen LogP contribution in [0.15, 0.2) is 47.4 Å². The van der Waals surface area contributed by atoms with Gasteiger partial charge in [0.25, 0.3) is 0 Å². The number of carbonyl (C=O) groups is 1. The first-order chi connectivity index (χ1) is 14.3. The van der Waals surface area contributed by atoms with E-state index in [0.29, 0.717) is 43.1 Å². The van der Waals surface area contributed by atoms with Crippen LogP contribution in [0.2, 0.25) is 0 Å². The molecule has 0 unspecified atom stereocenters. The van der Waals surface area contributed by atoms with Gasteiger partial charge in [0, 0.05) is 25.1 Å².